The molecule has 0 saturated carbocycles. The summed E-state index contributed by atoms with van der Waals surface area (Å²) >= 11 is 0. The van der Waals surface area contributed by atoms with Crippen molar-refractivity contribution >= 4 is 0 Å². The van der Waals surface area contributed by atoms with Crippen molar-refractivity contribution in [2.75, 3.05) is 28.2 Å². The molecule has 128 valence electrons. The average Bonchev–Trinajstić information content (AvgIpc) is 2.55. The molecule has 2 aromatic carbocycles. The molecule has 2 rings (SSSR count). The summed E-state index contributed by atoms with van der Waals surface area (Å²) in [5, 5.41) is 0. The van der Waals surface area contributed by atoms with Gasteiger partial charge >= 0.3 is 0 Å². The summed E-state index contributed by atoms with van der Waals surface area (Å²) in [6.45, 7) is 0. The number of halogens is 2. The van der Waals surface area contributed by atoms with Crippen LogP contribution in [0.1, 0.15) is 23.2 Å². The van der Waals surface area contributed by atoms with Gasteiger partial charge < -0.3 is 0 Å². The van der Waals surface area contributed by atoms with Crippen LogP contribution in [0, 0.1) is 0 Å². The largest absolute Gasteiger partial charge is 0.299 e. The predicted molar refractivity (Wildman–Crippen MR) is 95.0 cm³/mol. The summed E-state index contributed by atoms with van der Waals surface area (Å²) in [4.78, 5) is 3.67. The molecule has 2 atom stereocenters. The van der Waals surface area contributed by atoms with E-state index in [9.17, 15) is 8.78 Å². The molecule has 0 aliphatic carbocycles. The van der Waals surface area contributed by atoms with Crippen LogP contribution in [0.25, 0.3) is 0 Å². The van der Waals surface area contributed by atoms with Crippen LogP contribution >= 0.6 is 0 Å². The fourth-order valence-electron chi connectivity index (χ4n) is 3.14. The van der Waals surface area contributed by atoms with Gasteiger partial charge in [0, 0.05) is 5.57 Å². The zero-order chi connectivity index (χ0) is 17.7. The zero-order valence-electron chi connectivity index (χ0n) is 14.6. The first kappa shape index (κ1) is 18.3. The van der Waals surface area contributed by atoms with Gasteiger partial charge in [0.05, 0.1) is 12.1 Å². The summed E-state index contributed by atoms with van der Waals surface area (Å²) in [5.74, 6) is 0. The van der Waals surface area contributed by atoms with Crippen molar-refractivity contribution < 1.29 is 8.78 Å². The van der Waals surface area contributed by atoms with Crippen LogP contribution in [-0.2, 0) is 0 Å². The fourth-order valence-corrected chi connectivity index (χ4v) is 3.14. The Morgan fingerprint density at radius 1 is 0.667 bits per heavy atom. The van der Waals surface area contributed by atoms with E-state index in [1.54, 1.807) is 0 Å². The first-order valence-corrected chi connectivity index (χ1v) is 7.91. The van der Waals surface area contributed by atoms with Gasteiger partial charge in [-0.25, -0.2) is 0 Å². The van der Waals surface area contributed by atoms with Gasteiger partial charge in [-0.15, -0.1) is 0 Å². The second-order valence-electron chi connectivity index (χ2n) is 6.27. The number of rotatable bonds is 6. The highest BCUT2D eigenvalue weighted by molar-refractivity contribution is 5.36. The van der Waals surface area contributed by atoms with Crippen molar-refractivity contribution in [3.05, 3.63) is 83.4 Å². The van der Waals surface area contributed by atoms with E-state index in [1.165, 1.54) is 0 Å². The lowest BCUT2D eigenvalue weighted by atomic mass is 9.88. The molecule has 0 bridgehead atoms. The Kier molecular flexibility index (Phi) is 6.23. The van der Waals surface area contributed by atoms with Gasteiger partial charge in [0.2, 0.25) is 0 Å². The Morgan fingerprint density at radius 3 is 1.25 bits per heavy atom. The molecule has 2 nitrogen and oxygen atoms in total. The number of hydrogen-bond donors (Lipinski definition) is 0. The normalized spacial score (nSPS) is 13.8. The maximum absolute atomic E-state index is 14.1. The van der Waals surface area contributed by atoms with Crippen LogP contribution in [0.3, 0.4) is 0 Å². The van der Waals surface area contributed by atoms with Gasteiger partial charge in [0.25, 0.3) is 6.08 Å². The second kappa shape index (κ2) is 8.18. The van der Waals surface area contributed by atoms with E-state index < -0.39 is 18.2 Å². The fraction of sp³-hybridized carbons (Fsp3) is 0.300. The molecule has 0 radical (unpaired) electrons. The highest BCUT2D eigenvalue weighted by Gasteiger charge is 2.32. The topological polar surface area (TPSA) is 6.48 Å². The zero-order valence-corrected chi connectivity index (χ0v) is 14.6. The molecule has 0 saturated heterocycles. The first-order valence-electron chi connectivity index (χ1n) is 7.91. The Hall–Kier alpha value is -2.04. The van der Waals surface area contributed by atoms with E-state index in [0.717, 1.165) is 11.1 Å². The average molecular weight is 330 g/mol. The lowest BCUT2D eigenvalue weighted by Gasteiger charge is -2.35. The van der Waals surface area contributed by atoms with E-state index in [1.807, 2.05) is 98.7 Å². The van der Waals surface area contributed by atoms with Gasteiger partial charge in [-0.1, -0.05) is 60.7 Å². The summed E-state index contributed by atoms with van der Waals surface area (Å²) in [6, 6.07) is 17.9. The van der Waals surface area contributed by atoms with Crippen molar-refractivity contribution in [2.45, 2.75) is 12.1 Å². The summed E-state index contributed by atoms with van der Waals surface area (Å²) in [5.41, 5.74) is 1.82. The minimum absolute atomic E-state index is 0.113. The molecule has 2 aromatic rings. The molecule has 0 amide bonds. The van der Waals surface area contributed by atoms with Crippen molar-refractivity contribution in [3.8, 4) is 0 Å². The van der Waals surface area contributed by atoms with Gasteiger partial charge in [0.15, 0.2) is 0 Å². The molecular weight excluding hydrogens is 306 g/mol. The summed E-state index contributed by atoms with van der Waals surface area (Å²) in [7, 11) is 7.33. The van der Waals surface area contributed by atoms with Crippen molar-refractivity contribution in [1.82, 2.24) is 9.80 Å². The minimum Gasteiger partial charge on any atom is -0.299 e. The van der Waals surface area contributed by atoms with Crippen LogP contribution in [0.2, 0.25) is 0 Å². The Bertz CT molecular complexity index is 609. The van der Waals surface area contributed by atoms with Gasteiger partial charge in [-0.2, -0.15) is 8.78 Å². The molecule has 0 aliphatic heterocycles. The van der Waals surface area contributed by atoms with Gasteiger partial charge in [0.1, 0.15) is 0 Å². The number of hydrogen-bond acceptors (Lipinski definition) is 2. The quantitative estimate of drug-likeness (QED) is 0.754. The van der Waals surface area contributed by atoms with E-state index in [2.05, 4.69) is 0 Å². The molecule has 0 spiro atoms. The number of benzene rings is 2. The van der Waals surface area contributed by atoms with Crippen LogP contribution < -0.4 is 0 Å². The maximum atomic E-state index is 14.1. The van der Waals surface area contributed by atoms with Crippen LogP contribution in [0.5, 0.6) is 0 Å². The van der Waals surface area contributed by atoms with Crippen molar-refractivity contribution in [2.24, 2.45) is 0 Å². The standard InChI is InChI=1S/C20H24F2N2/c1-23(2)18(15-11-7-5-8-12-15)17(20(21)22)19(24(3)4)16-13-9-6-10-14-16/h5-14,18-19H,1-4H3/t18-,19+. The number of likely N-dealkylation sites (N-methyl/N-ethyl adjacent to an activating group) is 2. The van der Waals surface area contributed by atoms with E-state index in [-0.39, 0.29) is 5.57 Å². The smallest absolute Gasteiger partial charge is 0.273 e. The lowest BCUT2D eigenvalue weighted by Crippen LogP contribution is -2.31. The number of nitrogens with zero attached hydrogens (tertiary/aromatic N) is 2. The van der Waals surface area contributed by atoms with E-state index in [0.29, 0.717) is 0 Å². The Balaban J connectivity index is 2.60. The summed E-state index contributed by atoms with van der Waals surface area (Å²) < 4.78 is 28.2. The van der Waals surface area contributed by atoms with Crippen LogP contribution in [0.15, 0.2) is 72.3 Å². The third-order valence-electron chi connectivity index (χ3n) is 4.07. The predicted octanol–water partition coefficient (Wildman–Crippen LogP) is 4.74. The highest BCUT2D eigenvalue weighted by atomic mass is 19.3. The molecule has 0 heterocycles. The molecule has 0 aliphatic rings. The highest BCUT2D eigenvalue weighted by Crippen LogP contribution is 2.40. The molecular formula is C20H24F2N2. The monoisotopic (exact) mass is 330 g/mol. The van der Waals surface area contributed by atoms with Crippen LogP contribution in [-0.4, -0.2) is 38.0 Å². The third kappa shape index (κ3) is 4.08. The van der Waals surface area contributed by atoms with Crippen molar-refractivity contribution in [3.63, 3.8) is 0 Å². The second-order valence-corrected chi connectivity index (χ2v) is 6.27. The van der Waals surface area contributed by atoms with Gasteiger partial charge in [-0.3, -0.25) is 9.80 Å². The first-order chi connectivity index (χ1) is 11.4. The minimum atomic E-state index is -1.62. The molecule has 0 N–H and O–H groups in total. The molecule has 0 fully saturated rings. The lowest BCUT2D eigenvalue weighted by molar-refractivity contribution is 0.245. The van der Waals surface area contributed by atoms with E-state index in [4.69, 9.17) is 0 Å². The Labute approximate surface area is 143 Å². The van der Waals surface area contributed by atoms with Gasteiger partial charge in [-0.05, 0) is 39.3 Å². The van der Waals surface area contributed by atoms with Crippen molar-refractivity contribution in [1.29, 1.82) is 0 Å². The Morgan fingerprint density at radius 2 is 1.00 bits per heavy atom. The molecule has 24 heavy (non-hydrogen) atoms. The molecule has 0 unspecified atom stereocenters. The van der Waals surface area contributed by atoms with Crippen LogP contribution in [0.4, 0.5) is 8.78 Å². The SMILES string of the molecule is CN(C)[C@H](C(=C(F)F)[C@@H](c1ccccc1)N(C)C)c1ccccc1. The third-order valence-corrected chi connectivity index (χ3v) is 4.07. The maximum Gasteiger partial charge on any atom is 0.273 e. The van der Waals surface area contributed by atoms with E-state index >= 15 is 0 Å². The molecule has 4 heteroatoms. The summed E-state index contributed by atoms with van der Waals surface area (Å²) in [6.07, 6.45) is -1.62. The molecule has 0 aromatic heterocycles.